The highest BCUT2D eigenvalue weighted by Gasteiger charge is 2.53. The SMILES string of the molecule is N#CC1(C2(O)CCCNCC2)CCCc2ccccc21. The molecule has 20 heavy (non-hydrogen) atoms. The van der Waals surface area contributed by atoms with Crippen molar-refractivity contribution in [2.24, 2.45) is 0 Å². The molecule has 106 valence electrons. The number of hydrogen-bond acceptors (Lipinski definition) is 3. The van der Waals surface area contributed by atoms with Gasteiger partial charge in [-0.05, 0) is 62.7 Å². The van der Waals surface area contributed by atoms with Crippen molar-refractivity contribution in [1.29, 1.82) is 5.26 Å². The summed E-state index contributed by atoms with van der Waals surface area (Å²) in [6.07, 6.45) is 5.09. The first-order valence-electron chi connectivity index (χ1n) is 7.65. The molecule has 3 rings (SSSR count). The molecule has 3 heteroatoms. The standard InChI is InChI=1S/C17H22N2O/c18-13-16(17(20)9-4-11-19-12-10-17)8-3-6-14-5-1-2-7-15(14)16/h1-2,5,7,19-20H,3-4,6,8-12H2. The lowest BCUT2D eigenvalue weighted by atomic mass is 9.59. The van der Waals surface area contributed by atoms with Crippen LogP contribution in [-0.4, -0.2) is 23.8 Å². The van der Waals surface area contributed by atoms with Crippen molar-refractivity contribution < 1.29 is 5.11 Å². The van der Waals surface area contributed by atoms with Crippen LogP contribution in [0.2, 0.25) is 0 Å². The minimum atomic E-state index is -0.901. The van der Waals surface area contributed by atoms with Gasteiger partial charge in [0.2, 0.25) is 0 Å². The number of hydrogen-bond donors (Lipinski definition) is 2. The van der Waals surface area contributed by atoms with Crippen LogP contribution in [0.15, 0.2) is 24.3 Å². The van der Waals surface area contributed by atoms with Gasteiger partial charge in [-0.25, -0.2) is 0 Å². The second kappa shape index (κ2) is 5.20. The summed E-state index contributed by atoms with van der Waals surface area (Å²) in [5.41, 5.74) is 0.680. The van der Waals surface area contributed by atoms with Gasteiger partial charge >= 0.3 is 0 Å². The summed E-state index contributed by atoms with van der Waals surface area (Å²) in [5, 5.41) is 24.6. The highest BCUT2D eigenvalue weighted by Crippen LogP contribution is 2.48. The molecule has 1 aliphatic heterocycles. The average Bonchev–Trinajstić information content (AvgIpc) is 2.72. The van der Waals surface area contributed by atoms with Gasteiger partial charge in [-0.2, -0.15) is 5.26 Å². The fourth-order valence-corrected chi connectivity index (χ4v) is 4.01. The molecular weight excluding hydrogens is 248 g/mol. The van der Waals surface area contributed by atoms with Gasteiger partial charge in [0.05, 0.1) is 11.7 Å². The zero-order chi connectivity index (χ0) is 14.1. The molecule has 2 unspecified atom stereocenters. The van der Waals surface area contributed by atoms with Crippen molar-refractivity contribution in [3.8, 4) is 6.07 Å². The Morgan fingerprint density at radius 3 is 2.80 bits per heavy atom. The van der Waals surface area contributed by atoms with Gasteiger partial charge in [0.1, 0.15) is 5.41 Å². The summed E-state index contributed by atoms with van der Waals surface area (Å²) in [7, 11) is 0. The van der Waals surface area contributed by atoms with Gasteiger partial charge in [0.25, 0.3) is 0 Å². The van der Waals surface area contributed by atoms with E-state index in [4.69, 9.17) is 0 Å². The molecule has 1 saturated heterocycles. The number of rotatable bonds is 1. The molecule has 1 heterocycles. The maximum atomic E-state index is 11.3. The second-order valence-electron chi connectivity index (χ2n) is 6.16. The summed E-state index contributed by atoms with van der Waals surface area (Å²) in [6.45, 7) is 1.73. The normalized spacial score (nSPS) is 33.8. The summed E-state index contributed by atoms with van der Waals surface area (Å²) in [4.78, 5) is 0. The van der Waals surface area contributed by atoms with E-state index >= 15 is 0 Å². The van der Waals surface area contributed by atoms with Crippen molar-refractivity contribution in [2.45, 2.75) is 49.5 Å². The minimum Gasteiger partial charge on any atom is -0.388 e. The molecule has 2 atom stereocenters. The van der Waals surface area contributed by atoms with Crippen molar-refractivity contribution in [3.05, 3.63) is 35.4 Å². The van der Waals surface area contributed by atoms with E-state index in [0.717, 1.165) is 44.3 Å². The van der Waals surface area contributed by atoms with Crippen LogP contribution < -0.4 is 5.32 Å². The molecule has 0 aromatic heterocycles. The van der Waals surface area contributed by atoms with E-state index in [1.165, 1.54) is 5.56 Å². The molecule has 0 amide bonds. The molecule has 1 aromatic rings. The Hall–Kier alpha value is -1.37. The number of nitrogens with zero attached hydrogens (tertiary/aromatic N) is 1. The molecule has 3 nitrogen and oxygen atoms in total. The maximum Gasteiger partial charge on any atom is 0.111 e. The van der Waals surface area contributed by atoms with Gasteiger partial charge in [0, 0.05) is 0 Å². The van der Waals surface area contributed by atoms with Crippen molar-refractivity contribution in [1.82, 2.24) is 5.32 Å². The fraction of sp³-hybridized carbons (Fsp3) is 0.588. The summed E-state index contributed by atoms with van der Waals surface area (Å²) >= 11 is 0. The molecule has 1 aliphatic carbocycles. The summed E-state index contributed by atoms with van der Waals surface area (Å²) < 4.78 is 0. The maximum absolute atomic E-state index is 11.3. The Kier molecular flexibility index (Phi) is 3.54. The molecule has 0 radical (unpaired) electrons. The molecule has 1 aromatic carbocycles. The van der Waals surface area contributed by atoms with Gasteiger partial charge in [-0.3, -0.25) is 0 Å². The van der Waals surface area contributed by atoms with Crippen molar-refractivity contribution in [3.63, 3.8) is 0 Å². The molecule has 1 fully saturated rings. The Morgan fingerprint density at radius 2 is 1.95 bits per heavy atom. The zero-order valence-corrected chi connectivity index (χ0v) is 11.9. The van der Waals surface area contributed by atoms with E-state index < -0.39 is 11.0 Å². The Labute approximate surface area is 120 Å². The first-order chi connectivity index (χ1) is 9.72. The lowest BCUT2D eigenvalue weighted by Gasteiger charge is -2.45. The van der Waals surface area contributed by atoms with E-state index in [9.17, 15) is 10.4 Å². The van der Waals surface area contributed by atoms with Gasteiger partial charge in [0.15, 0.2) is 0 Å². The van der Waals surface area contributed by atoms with Crippen LogP contribution in [0.3, 0.4) is 0 Å². The molecule has 2 N–H and O–H groups in total. The molecule has 0 bridgehead atoms. The van der Waals surface area contributed by atoms with E-state index in [1.54, 1.807) is 0 Å². The second-order valence-corrected chi connectivity index (χ2v) is 6.16. The predicted octanol–water partition coefficient (Wildman–Crippen LogP) is 2.29. The van der Waals surface area contributed by atoms with Crippen LogP contribution in [0.1, 0.15) is 43.2 Å². The van der Waals surface area contributed by atoms with Crippen LogP contribution in [0, 0.1) is 11.3 Å². The molecular formula is C17H22N2O. The van der Waals surface area contributed by atoms with E-state index in [-0.39, 0.29) is 0 Å². The van der Waals surface area contributed by atoms with Crippen molar-refractivity contribution >= 4 is 0 Å². The van der Waals surface area contributed by atoms with Crippen LogP contribution in [0.4, 0.5) is 0 Å². The summed E-state index contributed by atoms with van der Waals surface area (Å²) in [6, 6.07) is 10.7. The van der Waals surface area contributed by atoms with Gasteiger partial charge in [-0.1, -0.05) is 24.3 Å². The number of fused-ring (bicyclic) bond motifs is 1. The first-order valence-corrected chi connectivity index (χ1v) is 7.65. The zero-order valence-electron chi connectivity index (χ0n) is 11.9. The van der Waals surface area contributed by atoms with Crippen LogP contribution in [0.25, 0.3) is 0 Å². The minimum absolute atomic E-state index is 0.662. The Balaban J connectivity index is 2.10. The predicted molar refractivity (Wildman–Crippen MR) is 78.3 cm³/mol. The number of aliphatic hydroxyl groups is 1. The summed E-state index contributed by atoms with van der Waals surface area (Å²) in [5.74, 6) is 0. The third-order valence-electron chi connectivity index (χ3n) is 5.12. The third kappa shape index (κ3) is 1.95. The number of benzene rings is 1. The van der Waals surface area contributed by atoms with E-state index in [1.807, 2.05) is 18.2 Å². The lowest BCUT2D eigenvalue weighted by molar-refractivity contribution is -0.0344. The Bertz CT molecular complexity index is 526. The number of aryl methyl sites for hydroxylation is 1. The van der Waals surface area contributed by atoms with Crippen LogP contribution in [-0.2, 0) is 11.8 Å². The largest absolute Gasteiger partial charge is 0.388 e. The topological polar surface area (TPSA) is 56.0 Å². The Morgan fingerprint density at radius 1 is 1.10 bits per heavy atom. The monoisotopic (exact) mass is 270 g/mol. The van der Waals surface area contributed by atoms with Crippen molar-refractivity contribution in [2.75, 3.05) is 13.1 Å². The van der Waals surface area contributed by atoms with Gasteiger partial charge < -0.3 is 10.4 Å². The average molecular weight is 270 g/mol. The van der Waals surface area contributed by atoms with E-state index in [2.05, 4.69) is 17.5 Å². The van der Waals surface area contributed by atoms with Gasteiger partial charge in [-0.15, -0.1) is 0 Å². The number of nitriles is 1. The lowest BCUT2D eigenvalue weighted by Crippen LogP contribution is -2.53. The molecule has 2 aliphatic rings. The quantitative estimate of drug-likeness (QED) is 0.823. The fourth-order valence-electron chi connectivity index (χ4n) is 4.01. The smallest absolute Gasteiger partial charge is 0.111 e. The molecule has 0 spiro atoms. The van der Waals surface area contributed by atoms with E-state index in [0.29, 0.717) is 12.8 Å². The number of nitrogens with one attached hydrogen (secondary N) is 1. The highest BCUT2D eigenvalue weighted by molar-refractivity contribution is 5.45. The highest BCUT2D eigenvalue weighted by atomic mass is 16.3. The molecule has 0 saturated carbocycles. The third-order valence-corrected chi connectivity index (χ3v) is 5.12. The van der Waals surface area contributed by atoms with Crippen LogP contribution in [0.5, 0.6) is 0 Å². The first kappa shape index (κ1) is 13.6. The van der Waals surface area contributed by atoms with Crippen LogP contribution >= 0.6 is 0 Å².